The van der Waals surface area contributed by atoms with Crippen LogP contribution < -0.4 is 15.5 Å². The number of anilines is 2. The van der Waals surface area contributed by atoms with Gasteiger partial charge >= 0.3 is 0 Å². The number of amides is 2. The SMILES string of the molecule is CCn1nc(C)c(CCNC(=O)c2ccc3c(c2)NC(=O)[C@H]2CCCCN32)c1C. The lowest BCUT2D eigenvalue weighted by atomic mass is 9.97. The van der Waals surface area contributed by atoms with E-state index in [9.17, 15) is 9.59 Å². The fraction of sp³-hybridized carbons (Fsp3) is 0.500. The lowest BCUT2D eigenvalue weighted by Gasteiger charge is -2.41. The number of nitrogens with zero attached hydrogens (tertiary/aromatic N) is 3. The van der Waals surface area contributed by atoms with Crippen LogP contribution in [0.15, 0.2) is 18.2 Å². The van der Waals surface area contributed by atoms with Crippen molar-refractivity contribution in [2.24, 2.45) is 0 Å². The fourth-order valence-electron chi connectivity index (χ4n) is 4.54. The van der Waals surface area contributed by atoms with Crippen molar-refractivity contribution in [2.75, 3.05) is 23.3 Å². The van der Waals surface area contributed by atoms with Gasteiger partial charge in [-0.05, 0) is 70.2 Å². The number of piperidine rings is 1. The van der Waals surface area contributed by atoms with Crippen molar-refractivity contribution < 1.29 is 9.59 Å². The molecule has 1 aromatic heterocycles. The second-order valence-electron chi connectivity index (χ2n) is 7.90. The van der Waals surface area contributed by atoms with Gasteiger partial charge in [0.15, 0.2) is 0 Å². The zero-order chi connectivity index (χ0) is 20.5. The number of fused-ring (bicyclic) bond motifs is 3. The van der Waals surface area contributed by atoms with Crippen molar-refractivity contribution in [3.8, 4) is 0 Å². The predicted molar refractivity (Wildman–Crippen MR) is 113 cm³/mol. The molecule has 0 saturated carbocycles. The zero-order valence-electron chi connectivity index (χ0n) is 17.4. The van der Waals surface area contributed by atoms with Crippen LogP contribution in [0.2, 0.25) is 0 Å². The van der Waals surface area contributed by atoms with Crippen molar-refractivity contribution in [2.45, 2.75) is 59.0 Å². The summed E-state index contributed by atoms with van der Waals surface area (Å²) in [6, 6.07) is 5.52. The van der Waals surface area contributed by atoms with E-state index in [1.807, 2.05) is 23.7 Å². The first kappa shape index (κ1) is 19.5. The molecule has 0 spiro atoms. The Kier molecular flexibility index (Phi) is 5.30. The molecule has 4 rings (SSSR count). The van der Waals surface area contributed by atoms with Gasteiger partial charge in [0.1, 0.15) is 6.04 Å². The van der Waals surface area contributed by atoms with Gasteiger partial charge in [0.25, 0.3) is 5.91 Å². The summed E-state index contributed by atoms with van der Waals surface area (Å²) in [5.74, 6) is -0.0883. The van der Waals surface area contributed by atoms with Gasteiger partial charge in [0.05, 0.1) is 17.1 Å². The Hall–Kier alpha value is -2.83. The third kappa shape index (κ3) is 3.61. The summed E-state index contributed by atoms with van der Waals surface area (Å²) in [5.41, 5.74) is 5.69. The molecular formula is C22H29N5O2. The second kappa shape index (κ2) is 7.89. The van der Waals surface area contributed by atoms with Crippen molar-refractivity contribution in [3.05, 3.63) is 40.7 Å². The first-order valence-corrected chi connectivity index (χ1v) is 10.5. The number of hydrogen-bond donors (Lipinski definition) is 2. The highest BCUT2D eigenvalue weighted by molar-refractivity contribution is 6.05. The third-order valence-electron chi connectivity index (χ3n) is 6.12. The average Bonchev–Trinajstić information content (AvgIpc) is 3.01. The van der Waals surface area contributed by atoms with Crippen LogP contribution in [0.4, 0.5) is 11.4 Å². The molecule has 29 heavy (non-hydrogen) atoms. The summed E-state index contributed by atoms with van der Waals surface area (Å²) < 4.78 is 1.99. The van der Waals surface area contributed by atoms with Crippen LogP contribution in [-0.4, -0.2) is 40.7 Å². The number of aromatic nitrogens is 2. The van der Waals surface area contributed by atoms with Crippen molar-refractivity contribution in [1.82, 2.24) is 15.1 Å². The van der Waals surface area contributed by atoms with Gasteiger partial charge < -0.3 is 15.5 Å². The first-order chi connectivity index (χ1) is 14.0. The van der Waals surface area contributed by atoms with E-state index in [1.165, 1.54) is 5.56 Å². The summed E-state index contributed by atoms with van der Waals surface area (Å²) in [6.07, 6.45) is 3.82. The maximum absolute atomic E-state index is 12.7. The van der Waals surface area contributed by atoms with Crippen LogP contribution in [0.25, 0.3) is 0 Å². The normalized spacial score (nSPS) is 18.1. The minimum Gasteiger partial charge on any atom is -0.358 e. The summed E-state index contributed by atoms with van der Waals surface area (Å²) in [5, 5.41) is 10.5. The maximum Gasteiger partial charge on any atom is 0.251 e. The molecule has 7 heteroatoms. The molecule has 0 unspecified atom stereocenters. The Labute approximate surface area is 171 Å². The molecule has 1 atom stereocenters. The minimum absolute atomic E-state index is 0.0358. The third-order valence-corrected chi connectivity index (χ3v) is 6.12. The number of carbonyl (C=O) groups is 2. The number of carbonyl (C=O) groups excluding carboxylic acids is 2. The summed E-state index contributed by atoms with van der Waals surface area (Å²) in [6.45, 7) is 8.44. The maximum atomic E-state index is 12.7. The molecule has 0 bridgehead atoms. The van der Waals surface area contributed by atoms with Gasteiger partial charge in [-0.3, -0.25) is 14.3 Å². The molecule has 2 aliphatic heterocycles. The largest absolute Gasteiger partial charge is 0.358 e. The van der Waals surface area contributed by atoms with Crippen molar-refractivity contribution >= 4 is 23.2 Å². The Morgan fingerprint density at radius 3 is 2.90 bits per heavy atom. The molecule has 3 heterocycles. The predicted octanol–water partition coefficient (Wildman–Crippen LogP) is 2.80. The smallest absolute Gasteiger partial charge is 0.251 e. The van der Waals surface area contributed by atoms with Crippen LogP contribution in [0, 0.1) is 13.8 Å². The van der Waals surface area contributed by atoms with E-state index >= 15 is 0 Å². The number of benzene rings is 1. The monoisotopic (exact) mass is 395 g/mol. The minimum atomic E-state index is -0.124. The van der Waals surface area contributed by atoms with Crippen LogP contribution in [0.1, 0.15) is 53.5 Å². The molecule has 1 fully saturated rings. The van der Waals surface area contributed by atoms with Gasteiger partial charge in [-0.1, -0.05) is 0 Å². The highest BCUT2D eigenvalue weighted by Gasteiger charge is 2.34. The van der Waals surface area contributed by atoms with Crippen LogP contribution in [-0.2, 0) is 17.8 Å². The molecule has 7 nitrogen and oxygen atoms in total. The second-order valence-corrected chi connectivity index (χ2v) is 7.90. The van der Waals surface area contributed by atoms with E-state index in [0.29, 0.717) is 12.1 Å². The quantitative estimate of drug-likeness (QED) is 0.816. The van der Waals surface area contributed by atoms with E-state index in [-0.39, 0.29) is 17.9 Å². The van der Waals surface area contributed by atoms with Crippen LogP contribution >= 0.6 is 0 Å². The van der Waals surface area contributed by atoms with Crippen molar-refractivity contribution in [1.29, 1.82) is 0 Å². The Morgan fingerprint density at radius 1 is 1.31 bits per heavy atom. The van der Waals surface area contributed by atoms with Gasteiger partial charge in [0.2, 0.25) is 5.91 Å². The van der Waals surface area contributed by atoms with E-state index in [2.05, 4.69) is 34.5 Å². The van der Waals surface area contributed by atoms with E-state index in [1.54, 1.807) is 6.07 Å². The standard InChI is InChI=1S/C22H29N5O2/c1-4-27-15(3)17(14(2)25-27)10-11-23-21(28)16-8-9-19-18(13-16)24-22(29)20-7-5-6-12-26(19)20/h8-9,13,20H,4-7,10-12H2,1-3H3,(H,23,28)(H,24,29)/t20-/m1/s1. The highest BCUT2D eigenvalue weighted by atomic mass is 16.2. The number of rotatable bonds is 5. The Morgan fingerprint density at radius 2 is 2.14 bits per heavy atom. The number of aryl methyl sites for hydroxylation is 2. The lowest BCUT2D eigenvalue weighted by molar-refractivity contribution is -0.118. The molecule has 0 radical (unpaired) electrons. The van der Waals surface area contributed by atoms with Crippen LogP contribution in [0.5, 0.6) is 0 Å². The summed E-state index contributed by atoms with van der Waals surface area (Å²) >= 11 is 0. The van der Waals surface area contributed by atoms with Gasteiger partial charge in [-0.25, -0.2) is 0 Å². The first-order valence-electron chi connectivity index (χ1n) is 10.5. The topological polar surface area (TPSA) is 79.3 Å². The van der Waals surface area contributed by atoms with E-state index < -0.39 is 0 Å². The average molecular weight is 396 g/mol. The van der Waals surface area contributed by atoms with Crippen molar-refractivity contribution in [3.63, 3.8) is 0 Å². The number of hydrogen-bond acceptors (Lipinski definition) is 4. The van der Waals surface area contributed by atoms with E-state index in [0.717, 1.165) is 61.5 Å². The molecule has 2 aromatic rings. The van der Waals surface area contributed by atoms with E-state index in [4.69, 9.17) is 0 Å². The van der Waals surface area contributed by atoms with Gasteiger partial charge in [-0.15, -0.1) is 0 Å². The molecule has 2 amide bonds. The molecule has 154 valence electrons. The van der Waals surface area contributed by atoms with Gasteiger partial charge in [0, 0.05) is 30.9 Å². The Bertz CT molecular complexity index is 949. The summed E-state index contributed by atoms with van der Waals surface area (Å²) in [7, 11) is 0. The van der Waals surface area contributed by atoms with Gasteiger partial charge in [-0.2, -0.15) is 5.10 Å². The molecule has 2 N–H and O–H groups in total. The van der Waals surface area contributed by atoms with Crippen LogP contribution in [0.3, 0.4) is 0 Å². The highest BCUT2D eigenvalue weighted by Crippen LogP contribution is 2.36. The summed E-state index contributed by atoms with van der Waals surface area (Å²) in [4.78, 5) is 27.3. The molecule has 2 aliphatic rings. The molecular weight excluding hydrogens is 366 g/mol. The number of nitrogens with one attached hydrogen (secondary N) is 2. The molecule has 1 saturated heterocycles. The zero-order valence-corrected chi connectivity index (χ0v) is 17.4. The Balaban J connectivity index is 1.43. The molecule has 1 aromatic carbocycles. The molecule has 0 aliphatic carbocycles. The fourth-order valence-corrected chi connectivity index (χ4v) is 4.54. The lowest BCUT2D eigenvalue weighted by Crippen LogP contribution is -2.50.